The number of fused-ring (bicyclic) bond motifs is 2. The molecule has 6 aromatic rings. The Hall–Kier alpha value is -5.05. The van der Waals surface area contributed by atoms with Gasteiger partial charge in [0.05, 0.1) is 17.8 Å². The SMILES string of the molecule is CC(NC(=O)c1cc2ccc(-c3nccc(Nc4ccc5[nH]ncc5c4)n3)cc2[nH]1)c1ccncc1. The van der Waals surface area contributed by atoms with Gasteiger partial charge in [-0.1, -0.05) is 12.1 Å². The third-order valence-corrected chi connectivity index (χ3v) is 6.05. The van der Waals surface area contributed by atoms with E-state index < -0.39 is 0 Å². The normalized spacial score (nSPS) is 12.0. The van der Waals surface area contributed by atoms with Crippen LogP contribution in [-0.2, 0) is 0 Å². The third kappa shape index (κ3) is 4.25. The van der Waals surface area contributed by atoms with Crippen molar-refractivity contribution in [2.45, 2.75) is 13.0 Å². The molecule has 9 heteroatoms. The molecule has 1 atom stereocenters. The van der Waals surface area contributed by atoms with E-state index in [1.165, 1.54) is 0 Å². The van der Waals surface area contributed by atoms with Crippen molar-refractivity contribution < 1.29 is 4.79 Å². The summed E-state index contributed by atoms with van der Waals surface area (Å²) < 4.78 is 0. The molecule has 0 saturated heterocycles. The summed E-state index contributed by atoms with van der Waals surface area (Å²) in [5.41, 5.74) is 5.05. The van der Waals surface area contributed by atoms with Crippen LogP contribution in [0.1, 0.15) is 29.0 Å². The van der Waals surface area contributed by atoms with E-state index in [1.807, 2.05) is 67.6 Å². The van der Waals surface area contributed by atoms with Crippen molar-refractivity contribution in [2.75, 3.05) is 5.32 Å². The number of H-pyrrole nitrogens is 2. The monoisotopic (exact) mass is 474 g/mol. The zero-order valence-corrected chi connectivity index (χ0v) is 19.4. The summed E-state index contributed by atoms with van der Waals surface area (Å²) in [4.78, 5) is 29.2. The molecule has 9 nitrogen and oxygen atoms in total. The molecule has 2 aromatic carbocycles. The van der Waals surface area contributed by atoms with E-state index in [4.69, 9.17) is 0 Å². The van der Waals surface area contributed by atoms with E-state index in [0.717, 1.165) is 38.6 Å². The van der Waals surface area contributed by atoms with E-state index in [0.29, 0.717) is 17.3 Å². The standard InChI is InChI=1S/C27H22N8O/c1-16(17-6-9-28-10-7-17)31-27(36)24-13-18-2-3-19(14-23(18)33-24)26-29-11-8-25(34-26)32-21-4-5-22-20(12-21)15-30-35-22/h2-16,33H,1H3,(H,30,35)(H,31,36)(H,29,32,34). The van der Waals surface area contributed by atoms with E-state index in [1.54, 1.807) is 24.8 Å². The maximum Gasteiger partial charge on any atom is 0.268 e. The van der Waals surface area contributed by atoms with Gasteiger partial charge >= 0.3 is 0 Å². The molecular formula is C27H22N8O. The van der Waals surface area contributed by atoms with Crippen LogP contribution in [0.5, 0.6) is 0 Å². The summed E-state index contributed by atoms with van der Waals surface area (Å²) in [6.45, 7) is 1.94. The van der Waals surface area contributed by atoms with Crippen molar-refractivity contribution in [2.24, 2.45) is 0 Å². The number of carbonyl (C=O) groups is 1. The lowest BCUT2D eigenvalue weighted by atomic mass is 10.1. The van der Waals surface area contributed by atoms with Gasteiger partial charge in [0.2, 0.25) is 0 Å². The minimum absolute atomic E-state index is 0.139. The summed E-state index contributed by atoms with van der Waals surface area (Å²) in [6, 6.07) is 19.1. The van der Waals surface area contributed by atoms with Gasteiger partial charge in [0, 0.05) is 46.1 Å². The first-order valence-electron chi connectivity index (χ1n) is 11.5. The highest BCUT2D eigenvalue weighted by molar-refractivity contribution is 5.99. The lowest BCUT2D eigenvalue weighted by molar-refractivity contribution is 0.0935. The number of anilines is 2. The predicted molar refractivity (Wildman–Crippen MR) is 139 cm³/mol. The van der Waals surface area contributed by atoms with Crippen LogP contribution in [0.4, 0.5) is 11.5 Å². The van der Waals surface area contributed by atoms with E-state index in [-0.39, 0.29) is 11.9 Å². The largest absolute Gasteiger partial charge is 0.351 e. The zero-order valence-electron chi connectivity index (χ0n) is 19.4. The molecule has 176 valence electrons. The average molecular weight is 475 g/mol. The van der Waals surface area contributed by atoms with Crippen LogP contribution in [0.3, 0.4) is 0 Å². The van der Waals surface area contributed by atoms with Crippen molar-refractivity contribution in [1.29, 1.82) is 0 Å². The molecule has 0 fully saturated rings. The average Bonchev–Trinajstić information content (AvgIpc) is 3.55. The Bertz CT molecular complexity index is 1690. The number of amides is 1. The molecule has 4 aromatic heterocycles. The van der Waals surface area contributed by atoms with Crippen molar-refractivity contribution in [3.05, 3.63) is 96.7 Å². The second kappa shape index (κ2) is 8.95. The first kappa shape index (κ1) is 21.5. The molecule has 6 rings (SSSR count). The second-order valence-corrected chi connectivity index (χ2v) is 8.52. The summed E-state index contributed by atoms with van der Waals surface area (Å²) in [5, 5.41) is 15.3. The number of nitrogens with zero attached hydrogens (tertiary/aromatic N) is 4. The fraction of sp³-hybridized carbons (Fsp3) is 0.0741. The number of aromatic amines is 2. The van der Waals surface area contributed by atoms with Gasteiger partial charge in [-0.2, -0.15) is 5.10 Å². The molecule has 0 spiro atoms. The minimum Gasteiger partial charge on any atom is -0.351 e. The van der Waals surface area contributed by atoms with E-state index in [2.05, 4.69) is 40.8 Å². The zero-order chi connectivity index (χ0) is 24.5. The van der Waals surface area contributed by atoms with Gasteiger partial charge < -0.3 is 15.6 Å². The lowest BCUT2D eigenvalue weighted by Gasteiger charge is -2.13. The minimum atomic E-state index is -0.172. The van der Waals surface area contributed by atoms with Crippen LogP contribution in [0.25, 0.3) is 33.2 Å². The molecule has 0 aliphatic rings. The number of aromatic nitrogens is 6. The van der Waals surface area contributed by atoms with Crippen LogP contribution < -0.4 is 10.6 Å². The molecular weight excluding hydrogens is 452 g/mol. The van der Waals surface area contributed by atoms with Gasteiger partial charge in [-0.25, -0.2) is 9.97 Å². The molecule has 36 heavy (non-hydrogen) atoms. The Morgan fingerprint density at radius 2 is 1.81 bits per heavy atom. The number of rotatable bonds is 6. The maximum atomic E-state index is 12.8. The highest BCUT2D eigenvalue weighted by Gasteiger charge is 2.14. The summed E-state index contributed by atoms with van der Waals surface area (Å²) in [6.07, 6.45) is 6.94. The molecule has 0 aliphatic carbocycles. The molecule has 0 aliphatic heterocycles. The molecule has 4 heterocycles. The van der Waals surface area contributed by atoms with Gasteiger partial charge in [-0.15, -0.1) is 0 Å². The Kier molecular flexibility index (Phi) is 5.34. The molecule has 4 N–H and O–H groups in total. The lowest BCUT2D eigenvalue weighted by Crippen LogP contribution is -2.26. The number of pyridine rings is 1. The molecule has 0 radical (unpaired) electrons. The van der Waals surface area contributed by atoms with Crippen LogP contribution in [-0.4, -0.2) is 36.0 Å². The summed E-state index contributed by atoms with van der Waals surface area (Å²) >= 11 is 0. The Morgan fingerprint density at radius 1 is 0.917 bits per heavy atom. The van der Waals surface area contributed by atoms with E-state index >= 15 is 0 Å². The Labute approximate surface area is 206 Å². The molecule has 0 saturated carbocycles. The van der Waals surface area contributed by atoms with Crippen molar-refractivity contribution in [1.82, 2.24) is 35.5 Å². The first-order chi connectivity index (χ1) is 17.6. The van der Waals surface area contributed by atoms with Crippen LogP contribution in [0, 0.1) is 0 Å². The number of nitrogens with one attached hydrogen (secondary N) is 4. The first-order valence-corrected chi connectivity index (χ1v) is 11.5. The highest BCUT2D eigenvalue weighted by atomic mass is 16.1. The number of benzene rings is 2. The summed E-state index contributed by atoms with van der Waals surface area (Å²) in [5.74, 6) is 1.09. The smallest absolute Gasteiger partial charge is 0.268 e. The van der Waals surface area contributed by atoms with Crippen molar-refractivity contribution in [3.8, 4) is 11.4 Å². The molecule has 1 amide bonds. The third-order valence-electron chi connectivity index (χ3n) is 6.05. The predicted octanol–water partition coefficient (Wildman–Crippen LogP) is 5.13. The Morgan fingerprint density at radius 3 is 2.69 bits per heavy atom. The topological polar surface area (TPSA) is 124 Å². The van der Waals surface area contributed by atoms with Crippen LogP contribution in [0.15, 0.2) is 85.5 Å². The fourth-order valence-electron chi connectivity index (χ4n) is 4.13. The van der Waals surface area contributed by atoms with Crippen LogP contribution in [0.2, 0.25) is 0 Å². The van der Waals surface area contributed by atoms with E-state index in [9.17, 15) is 4.79 Å². The fourth-order valence-corrected chi connectivity index (χ4v) is 4.13. The number of carbonyl (C=O) groups excluding carboxylic acids is 1. The maximum absolute atomic E-state index is 12.8. The number of hydrogen-bond acceptors (Lipinski definition) is 6. The van der Waals surface area contributed by atoms with Gasteiger partial charge in [0.15, 0.2) is 5.82 Å². The van der Waals surface area contributed by atoms with Crippen molar-refractivity contribution in [3.63, 3.8) is 0 Å². The van der Waals surface area contributed by atoms with Crippen LogP contribution >= 0.6 is 0 Å². The van der Waals surface area contributed by atoms with Gasteiger partial charge in [0.25, 0.3) is 5.91 Å². The second-order valence-electron chi connectivity index (χ2n) is 8.52. The quantitative estimate of drug-likeness (QED) is 0.265. The summed E-state index contributed by atoms with van der Waals surface area (Å²) in [7, 11) is 0. The number of hydrogen-bond donors (Lipinski definition) is 4. The van der Waals surface area contributed by atoms with Gasteiger partial charge in [0.1, 0.15) is 11.5 Å². The van der Waals surface area contributed by atoms with Crippen molar-refractivity contribution >= 4 is 39.2 Å². The van der Waals surface area contributed by atoms with Gasteiger partial charge in [-0.05, 0) is 61.0 Å². The van der Waals surface area contributed by atoms with Gasteiger partial charge in [-0.3, -0.25) is 14.9 Å². The highest BCUT2D eigenvalue weighted by Crippen LogP contribution is 2.25. The molecule has 0 bridgehead atoms. The molecule has 1 unspecified atom stereocenters. The Balaban J connectivity index is 1.22.